The van der Waals surface area contributed by atoms with Crippen molar-refractivity contribution in [3.8, 4) is 0 Å². The van der Waals surface area contributed by atoms with Crippen molar-refractivity contribution in [2.24, 2.45) is 0 Å². The van der Waals surface area contributed by atoms with Gasteiger partial charge < -0.3 is 15.1 Å². The Kier molecular flexibility index (Phi) is 2.90. The molecule has 4 rings (SSSR count). The zero-order chi connectivity index (χ0) is 13.4. The fraction of sp³-hybridized carbons (Fsp3) is 0.286. The third-order valence-electron chi connectivity index (χ3n) is 3.29. The van der Waals surface area contributed by atoms with Gasteiger partial charge in [-0.3, -0.25) is 0 Å². The zero-order valence-corrected chi connectivity index (χ0v) is 11.6. The molecule has 2 heterocycles. The van der Waals surface area contributed by atoms with E-state index in [9.17, 15) is 0 Å². The Morgan fingerprint density at radius 3 is 3.10 bits per heavy atom. The quantitative estimate of drug-likeness (QED) is 0.753. The third-order valence-corrected chi connectivity index (χ3v) is 4.19. The highest BCUT2D eigenvalue weighted by Crippen LogP contribution is 2.25. The SMILES string of the molecule is c1cc2cc(Nc3nnc(CNC4CC4)o3)ccc2s1. The minimum absolute atomic E-state index is 0.437. The molecule has 1 saturated carbocycles. The van der Waals surface area contributed by atoms with Crippen LogP contribution in [0.5, 0.6) is 0 Å². The molecule has 0 atom stereocenters. The molecule has 1 fully saturated rings. The Hall–Kier alpha value is -1.92. The van der Waals surface area contributed by atoms with E-state index < -0.39 is 0 Å². The molecule has 5 nitrogen and oxygen atoms in total. The average molecular weight is 286 g/mol. The number of rotatable bonds is 5. The maximum atomic E-state index is 5.57. The number of nitrogens with one attached hydrogen (secondary N) is 2. The summed E-state index contributed by atoms with van der Waals surface area (Å²) in [5, 5.41) is 17.8. The van der Waals surface area contributed by atoms with Crippen LogP contribution in [0.25, 0.3) is 10.1 Å². The van der Waals surface area contributed by atoms with Crippen molar-refractivity contribution in [1.82, 2.24) is 15.5 Å². The summed E-state index contributed by atoms with van der Waals surface area (Å²) in [6.45, 7) is 0.642. The minimum atomic E-state index is 0.437. The highest BCUT2D eigenvalue weighted by atomic mass is 32.1. The highest BCUT2D eigenvalue weighted by molar-refractivity contribution is 7.17. The fourth-order valence-corrected chi connectivity index (χ4v) is 2.83. The summed E-state index contributed by atoms with van der Waals surface area (Å²) >= 11 is 1.73. The largest absolute Gasteiger partial charge is 0.406 e. The first-order valence-corrected chi connectivity index (χ1v) is 7.55. The minimum Gasteiger partial charge on any atom is -0.406 e. The van der Waals surface area contributed by atoms with Gasteiger partial charge in [0.15, 0.2) is 0 Å². The second-order valence-electron chi connectivity index (χ2n) is 4.95. The van der Waals surface area contributed by atoms with Gasteiger partial charge in [-0.1, -0.05) is 5.10 Å². The van der Waals surface area contributed by atoms with Crippen LogP contribution in [-0.2, 0) is 6.54 Å². The molecule has 1 aliphatic rings. The smallest absolute Gasteiger partial charge is 0.320 e. The Labute approximate surface area is 120 Å². The van der Waals surface area contributed by atoms with Gasteiger partial charge in [-0.05, 0) is 47.9 Å². The third kappa shape index (κ3) is 2.52. The monoisotopic (exact) mass is 286 g/mol. The second kappa shape index (κ2) is 4.88. The Balaban J connectivity index is 1.46. The van der Waals surface area contributed by atoms with E-state index in [1.165, 1.54) is 22.9 Å². The lowest BCUT2D eigenvalue weighted by atomic mass is 10.2. The van der Waals surface area contributed by atoms with Crippen LogP contribution < -0.4 is 10.6 Å². The highest BCUT2D eigenvalue weighted by Gasteiger charge is 2.21. The number of thiophene rings is 1. The molecule has 0 amide bonds. The lowest BCUT2D eigenvalue weighted by Gasteiger charge is -2.01. The molecule has 2 N–H and O–H groups in total. The molecule has 0 unspecified atom stereocenters. The van der Waals surface area contributed by atoms with Gasteiger partial charge in [-0.25, -0.2) is 0 Å². The number of fused-ring (bicyclic) bond motifs is 1. The fourth-order valence-electron chi connectivity index (χ4n) is 2.06. The Morgan fingerprint density at radius 1 is 1.25 bits per heavy atom. The molecule has 0 radical (unpaired) electrons. The van der Waals surface area contributed by atoms with Crippen molar-refractivity contribution < 1.29 is 4.42 Å². The molecule has 0 bridgehead atoms. The van der Waals surface area contributed by atoms with E-state index in [0.29, 0.717) is 24.5 Å². The molecule has 0 saturated heterocycles. The predicted molar refractivity (Wildman–Crippen MR) is 79.3 cm³/mol. The number of hydrogen-bond acceptors (Lipinski definition) is 6. The average Bonchev–Trinajstić information content (AvgIpc) is 2.99. The molecular weight excluding hydrogens is 272 g/mol. The van der Waals surface area contributed by atoms with Gasteiger partial charge in [0.25, 0.3) is 0 Å². The van der Waals surface area contributed by atoms with Crippen LogP contribution >= 0.6 is 11.3 Å². The first-order valence-electron chi connectivity index (χ1n) is 6.67. The molecule has 20 heavy (non-hydrogen) atoms. The summed E-state index contributed by atoms with van der Waals surface area (Å²) in [6.07, 6.45) is 2.50. The van der Waals surface area contributed by atoms with Gasteiger partial charge in [-0.15, -0.1) is 16.4 Å². The van der Waals surface area contributed by atoms with E-state index in [1.54, 1.807) is 11.3 Å². The molecule has 102 valence electrons. The maximum absolute atomic E-state index is 5.57. The van der Waals surface area contributed by atoms with Gasteiger partial charge >= 0.3 is 6.01 Å². The second-order valence-corrected chi connectivity index (χ2v) is 5.90. The summed E-state index contributed by atoms with van der Waals surface area (Å²) in [4.78, 5) is 0. The predicted octanol–water partition coefficient (Wildman–Crippen LogP) is 3.28. The van der Waals surface area contributed by atoms with Gasteiger partial charge in [0, 0.05) is 16.4 Å². The number of benzene rings is 1. The van der Waals surface area contributed by atoms with Crippen molar-refractivity contribution in [2.45, 2.75) is 25.4 Å². The molecule has 0 spiro atoms. The molecule has 3 aromatic rings. The van der Waals surface area contributed by atoms with Gasteiger partial charge in [-0.2, -0.15) is 0 Å². The lowest BCUT2D eigenvalue weighted by molar-refractivity contribution is 0.478. The number of anilines is 2. The summed E-state index contributed by atoms with van der Waals surface area (Å²) in [5.41, 5.74) is 0.959. The first-order chi connectivity index (χ1) is 9.87. The summed E-state index contributed by atoms with van der Waals surface area (Å²) < 4.78 is 6.84. The standard InChI is InChI=1S/C14H14N4OS/c1-2-10(1)15-8-13-17-18-14(19-13)16-11-3-4-12-9(7-11)5-6-20-12/h3-7,10,15H,1-2,8H2,(H,16,18). The van der Waals surface area contributed by atoms with Gasteiger partial charge in [0.1, 0.15) is 0 Å². The molecule has 2 aromatic heterocycles. The summed E-state index contributed by atoms with van der Waals surface area (Å²) in [6, 6.07) is 9.37. The van der Waals surface area contributed by atoms with E-state index in [4.69, 9.17) is 4.42 Å². The number of aromatic nitrogens is 2. The first kappa shape index (κ1) is 11.9. The van der Waals surface area contributed by atoms with E-state index in [0.717, 1.165) is 5.69 Å². The van der Waals surface area contributed by atoms with Crippen molar-refractivity contribution >= 4 is 33.1 Å². The van der Waals surface area contributed by atoms with E-state index in [-0.39, 0.29) is 0 Å². The molecule has 1 aromatic carbocycles. The van der Waals surface area contributed by atoms with Crippen LogP contribution in [0, 0.1) is 0 Å². The van der Waals surface area contributed by atoms with Gasteiger partial charge in [0.2, 0.25) is 5.89 Å². The number of hydrogen-bond donors (Lipinski definition) is 2. The summed E-state index contributed by atoms with van der Waals surface area (Å²) in [7, 11) is 0. The molecule has 0 aliphatic heterocycles. The van der Waals surface area contributed by atoms with Crippen molar-refractivity contribution in [2.75, 3.05) is 5.32 Å². The van der Waals surface area contributed by atoms with Crippen molar-refractivity contribution in [3.63, 3.8) is 0 Å². The topological polar surface area (TPSA) is 63.0 Å². The molecule has 6 heteroatoms. The van der Waals surface area contributed by atoms with Crippen LogP contribution in [0.3, 0.4) is 0 Å². The van der Waals surface area contributed by atoms with E-state index in [2.05, 4.69) is 44.4 Å². The molecule has 1 aliphatic carbocycles. The zero-order valence-electron chi connectivity index (χ0n) is 10.8. The van der Waals surface area contributed by atoms with Gasteiger partial charge in [0.05, 0.1) is 6.54 Å². The van der Waals surface area contributed by atoms with Crippen LogP contribution in [0.15, 0.2) is 34.1 Å². The van der Waals surface area contributed by atoms with Crippen LogP contribution in [0.4, 0.5) is 11.7 Å². The van der Waals surface area contributed by atoms with Crippen molar-refractivity contribution in [3.05, 3.63) is 35.5 Å². The number of nitrogens with zero attached hydrogens (tertiary/aromatic N) is 2. The maximum Gasteiger partial charge on any atom is 0.320 e. The summed E-state index contributed by atoms with van der Waals surface area (Å²) in [5.74, 6) is 0.621. The van der Waals surface area contributed by atoms with E-state index >= 15 is 0 Å². The molecular formula is C14H14N4OS. The van der Waals surface area contributed by atoms with Crippen molar-refractivity contribution in [1.29, 1.82) is 0 Å². The normalized spacial score (nSPS) is 14.8. The van der Waals surface area contributed by atoms with Crippen LogP contribution in [0.1, 0.15) is 18.7 Å². The lowest BCUT2D eigenvalue weighted by Crippen LogP contribution is -2.15. The van der Waals surface area contributed by atoms with E-state index in [1.807, 2.05) is 6.07 Å². The van der Waals surface area contributed by atoms with Crippen LogP contribution in [0.2, 0.25) is 0 Å². The Bertz CT molecular complexity index is 731. The Morgan fingerprint density at radius 2 is 2.20 bits per heavy atom. The van der Waals surface area contributed by atoms with Crippen LogP contribution in [-0.4, -0.2) is 16.2 Å².